The van der Waals surface area contributed by atoms with E-state index in [0.29, 0.717) is 0 Å². The number of para-hydroxylation sites is 4. The number of rotatable bonds is 4. The lowest BCUT2D eigenvalue weighted by atomic mass is 9.94. The highest BCUT2D eigenvalue weighted by Gasteiger charge is 2.19. The lowest BCUT2D eigenvalue weighted by Crippen LogP contribution is -1.94. The van der Waals surface area contributed by atoms with Crippen LogP contribution in [0.2, 0.25) is 0 Å². The highest BCUT2D eigenvalue weighted by molar-refractivity contribution is 6.15. The number of nitrogens with zero attached hydrogens (tertiary/aromatic N) is 2. The summed E-state index contributed by atoms with van der Waals surface area (Å²) in [4.78, 5) is 0. The Hall–Kier alpha value is -7.36. The molecule has 0 saturated heterocycles. The molecule has 0 saturated carbocycles. The standard InChI is InChI=1S/C52H32N2O/c1-2-14-38(15-3-1)53-47-19-9-6-16-40(47)42-26-23-36(32-50(42)53)44-30-37(31-46-43-18-8-11-21-51(43)55-52(44)46)35-24-27-49-45(29-35)41-17-7-10-20-48(41)54(49)39-25-22-33-12-4-5-13-34(33)28-39/h1-32H. The van der Waals surface area contributed by atoms with Crippen LogP contribution >= 0.6 is 0 Å². The van der Waals surface area contributed by atoms with Gasteiger partial charge in [0.1, 0.15) is 11.2 Å². The van der Waals surface area contributed by atoms with Gasteiger partial charge in [0.25, 0.3) is 0 Å². The minimum absolute atomic E-state index is 0.893. The minimum atomic E-state index is 0.893. The number of aromatic nitrogens is 2. The van der Waals surface area contributed by atoms with Crippen LogP contribution < -0.4 is 0 Å². The number of benzene rings is 9. The molecule has 3 aromatic heterocycles. The quantitative estimate of drug-likeness (QED) is 0.179. The van der Waals surface area contributed by atoms with Crippen LogP contribution in [0.25, 0.3) is 110 Å². The second-order valence-electron chi connectivity index (χ2n) is 14.5. The SMILES string of the molecule is c1ccc(-n2c3ccccc3c3ccc(-c4cc(-c5ccc6c(c5)c5ccccc5n6-c5ccc6ccccc6c5)cc5c4oc4ccccc45)cc32)cc1. The van der Waals surface area contributed by atoms with Crippen molar-refractivity contribution < 1.29 is 4.42 Å². The van der Waals surface area contributed by atoms with Crippen molar-refractivity contribution in [2.24, 2.45) is 0 Å². The normalized spacial score (nSPS) is 12.0. The Balaban J connectivity index is 1.10. The van der Waals surface area contributed by atoms with Crippen LogP contribution in [0.3, 0.4) is 0 Å². The van der Waals surface area contributed by atoms with Crippen molar-refractivity contribution in [3.8, 4) is 33.6 Å². The maximum absolute atomic E-state index is 6.72. The smallest absolute Gasteiger partial charge is 0.143 e. The fourth-order valence-electron chi connectivity index (χ4n) is 8.95. The van der Waals surface area contributed by atoms with Crippen LogP contribution in [0.15, 0.2) is 199 Å². The van der Waals surface area contributed by atoms with E-state index in [-0.39, 0.29) is 0 Å². The molecule has 0 bridgehead atoms. The van der Waals surface area contributed by atoms with Crippen molar-refractivity contribution in [1.29, 1.82) is 0 Å². The summed E-state index contributed by atoms with van der Waals surface area (Å²) in [6, 6.07) is 70.3. The van der Waals surface area contributed by atoms with E-state index in [9.17, 15) is 0 Å². The van der Waals surface area contributed by atoms with Gasteiger partial charge in [0.15, 0.2) is 0 Å². The van der Waals surface area contributed by atoms with Gasteiger partial charge in [-0.25, -0.2) is 0 Å². The first-order valence-electron chi connectivity index (χ1n) is 18.8. The first-order chi connectivity index (χ1) is 27.3. The molecule has 12 aromatic rings. The van der Waals surface area contributed by atoms with Gasteiger partial charge in [-0.05, 0) is 100 Å². The molecule has 3 heterocycles. The van der Waals surface area contributed by atoms with Crippen molar-refractivity contribution in [3.05, 3.63) is 194 Å². The van der Waals surface area contributed by atoms with Crippen LogP contribution in [0.1, 0.15) is 0 Å². The van der Waals surface area contributed by atoms with E-state index in [4.69, 9.17) is 4.42 Å². The molecular weight excluding hydrogens is 669 g/mol. The molecule has 0 aliphatic carbocycles. The predicted octanol–water partition coefficient (Wildman–Crippen LogP) is 14.3. The number of furan rings is 1. The Morgan fingerprint density at radius 2 is 0.927 bits per heavy atom. The van der Waals surface area contributed by atoms with Crippen LogP contribution in [-0.2, 0) is 0 Å². The molecule has 9 aromatic carbocycles. The van der Waals surface area contributed by atoms with Crippen LogP contribution in [0, 0.1) is 0 Å². The number of hydrogen-bond acceptors (Lipinski definition) is 1. The van der Waals surface area contributed by atoms with Gasteiger partial charge in [-0.2, -0.15) is 0 Å². The molecule has 0 fully saturated rings. The highest BCUT2D eigenvalue weighted by atomic mass is 16.3. The third kappa shape index (κ3) is 4.50. The molecule has 0 aliphatic heterocycles. The average molecular weight is 701 g/mol. The summed E-state index contributed by atoms with van der Waals surface area (Å²) in [6.45, 7) is 0. The van der Waals surface area contributed by atoms with Crippen molar-refractivity contribution >= 4 is 76.3 Å². The summed E-state index contributed by atoms with van der Waals surface area (Å²) in [5, 5.41) is 9.65. The lowest BCUT2D eigenvalue weighted by Gasteiger charge is -2.12. The van der Waals surface area contributed by atoms with Gasteiger partial charge in [-0.1, -0.05) is 121 Å². The fraction of sp³-hybridized carbons (Fsp3) is 0. The van der Waals surface area contributed by atoms with E-state index in [1.165, 1.54) is 59.9 Å². The molecule has 0 aliphatic rings. The van der Waals surface area contributed by atoms with E-state index in [0.717, 1.165) is 50.0 Å². The van der Waals surface area contributed by atoms with Crippen molar-refractivity contribution in [3.63, 3.8) is 0 Å². The van der Waals surface area contributed by atoms with E-state index >= 15 is 0 Å². The molecule has 0 radical (unpaired) electrons. The Morgan fingerprint density at radius 1 is 0.309 bits per heavy atom. The van der Waals surface area contributed by atoms with Gasteiger partial charge in [0, 0.05) is 49.3 Å². The summed E-state index contributed by atoms with van der Waals surface area (Å²) < 4.78 is 11.5. The number of hydrogen-bond donors (Lipinski definition) is 0. The molecular formula is C52H32N2O. The van der Waals surface area contributed by atoms with Crippen molar-refractivity contribution in [2.45, 2.75) is 0 Å². The predicted molar refractivity (Wildman–Crippen MR) is 231 cm³/mol. The summed E-state index contributed by atoms with van der Waals surface area (Å²) in [7, 11) is 0. The largest absolute Gasteiger partial charge is 0.455 e. The van der Waals surface area contributed by atoms with Gasteiger partial charge in [0.2, 0.25) is 0 Å². The first-order valence-corrected chi connectivity index (χ1v) is 18.8. The van der Waals surface area contributed by atoms with Gasteiger partial charge in [0.05, 0.1) is 22.1 Å². The summed E-state index contributed by atoms with van der Waals surface area (Å²) >= 11 is 0. The van der Waals surface area contributed by atoms with Gasteiger partial charge in [-0.15, -0.1) is 0 Å². The lowest BCUT2D eigenvalue weighted by molar-refractivity contribution is 0.670. The topological polar surface area (TPSA) is 23.0 Å². The van der Waals surface area contributed by atoms with Gasteiger partial charge in [-0.3, -0.25) is 0 Å². The second-order valence-corrected chi connectivity index (χ2v) is 14.5. The number of fused-ring (bicyclic) bond motifs is 10. The molecule has 3 heteroatoms. The molecule has 0 spiro atoms. The zero-order valence-corrected chi connectivity index (χ0v) is 29.8. The maximum Gasteiger partial charge on any atom is 0.143 e. The third-order valence-electron chi connectivity index (χ3n) is 11.5. The molecule has 12 rings (SSSR count). The molecule has 256 valence electrons. The molecule has 0 unspecified atom stereocenters. The molecule has 3 nitrogen and oxygen atoms in total. The van der Waals surface area contributed by atoms with E-state index < -0.39 is 0 Å². The minimum Gasteiger partial charge on any atom is -0.455 e. The Morgan fingerprint density at radius 3 is 1.76 bits per heavy atom. The van der Waals surface area contributed by atoms with E-state index in [2.05, 4.69) is 203 Å². The molecule has 0 N–H and O–H groups in total. The van der Waals surface area contributed by atoms with Crippen LogP contribution in [-0.4, -0.2) is 9.13 Å². The third-order valence-corrected chi connectivity index (χ3v) is 11.5. The van der Waals surface area contributed by atoms with Crippen molar-refractivity contribution in [1.82, 2.24) is 9.13 Å². The first kappa shape index (κ1) is 30.1. The zero-order chi connectivity index (χ0) is 36.0. The van der Waals surface area contributed by atoms with Crippen molar-refractivity contribution in [2.75, 3.05) is 0 Å². The van der Waals surface area contributed by atoms with Crippen LogP contribution in [0.4, 0.5) is 0 Å². The molecule has 0 amide bonds. The maximum atomic E-state index is 6.72. The Kier molecular flexibility index (Phi) is 6.34. The van der Waals surface area contributed by atoms with E-state index in [1.54, 1.807) is 0 Å². The Bertz CT molecular complexity index is 3490. The van der Waals surface area contributed by atoms with Gasteiger partial charge < -0.3 is 13.6 Å². The van der Waals surface area contributed by atoms with E-state index in [1.807, 2.05) is 0 Å². The summed E-state index contributed by atoms with van der Waals surface area (Å²) in [5.41, 5.74) is 13.4. The summed E-state index contributed by atoms with van der Waals surface area (Å²) in [5.74, 6) is 0. The van der Waals surface area contributed by atoms with Gasteiger partial charge >= 0.3 is 0 Å². The summed E-state index contributed by atoms with van der Waals surface area (Å²) in [6.07, 6.45) is 0. The Labute approximate surface area is 316 Å². The molecule has 0 atom stereocenters. The fourth-order valence-corrected chi connectivity index (χ4v) is 8.95. The average Bonchev–Trinajstić information content (AvgIpc) is 3.91. The highest BCUT2D eigenvalue weighted by Crippen LogP contribution is 2.43. The van der Waals surface area contributed by atoms with Crippen LogP contribution in [0.5, 0.6) is 0 Å². The molecule has 55 heavy (non-hydrogen) atoms. The second kappa shape index (κ2) is 11.6. The zero-order valence-electron chi connectivity index (χ0n) is 29.8. The monoisotopic (exact) mass is 700 g/mol.